The predicted molar refractivity (Wildman–Crippen MR) is 52.5 cm³/mol. The lowest BCUT2D eigenvalue weighted by Crippen LogP contribution is -1.85. The molecule has 2 heterocycles. The first-order valence-corrected chi connectivity index (χ1v) is 4.86. The summed E-state index contributed by atoms with van der Waals surface area (Å²) in [6.45, 7) is 0. The number of thiazole rings is 1. The molecule has 0 atom stereocenters. The Morgan fingerprint density at radius 1 is 1.36 bits per heavy atom. The van der Waals surface area contributed by atoms with Crippen molar-refractivity contribution < 1.29 is 0 Å². The van der Waals surface area contributed by atoms with Gasteiger partial charge in [-0.3, -0.25) is 9.97 Å². The van der Waals surface area contributed by atoms with Gasteiger partial charge in [-0.1, -0.05) is 0 Å². The van der Waals surface area contributed by atoms with E-state index in [-0.39, 0.29) is 0 Å². The van der Waals surface area contributed by atoms with Crippen molar-refractivity contribution in [2.24, 2.45) is 0 Å². The SMILES string of the molecule is N#CCc1nc(-c2cnccn2)cs1. The van der Waals surface area contributed by atoms with Crippen LogP contribution in [0, 0.1) is 11.3 Å². The maximum atomic E-state index is 8.49. The van der Waals surface area contributed by atoms with Crippen LogP contribution >= 0.6 is 11.3 Å². The Kier molecular flexibility index (Phi) is 2.47. The zero-order valence-corrected chi connectivity index (χ0v) is 8.03. The number of aromatic nitrogens is 3. The van der Waals surface area contributed by atoms with E-state index in [1.54, 1.807) is 18.6 Å². The fourth-order valence-corrected chi connectivity index (χ4v) is 1.73. The molecule has 0 radical (unpaired) electrons. The standard InChI is InChI=1S/C9H6N4S/c10-2-1-9-13-8(6-14-9)7-5-11-3-4-12-7/h3-6H,1H2. The molecule has 68 valence electrons. The first-order chi connectivity index (χ1) is 6.90. The Labute approximate surface area is 84.9 Å². The summed E-state index contributed by atoms with van der Waals surface area (Å²) in [5, 5.41) is 11.2. The Hall–Kier alpha value is -1.80. The van der Waals surface area contributed by atoms with Crippen molar-refractivity contribution in [3.63, 3.8) is 0 Å². The highest BCUT2D eigenvalue weighted by Gasteiger charge is 2.04. The van der Waals surface area contributed by atoms with Crippen LogP contribution in [0.3, 0.4) is 0 Å². The first-order valence-electron chi connectivity index (χ1n) is 3.98. The second-order valence-corrected chi connectivity index (χ2v) is 3.49. The normalized spacial score (nSPS) is 9.64. The summed E-state index contributed by atoms with van der Waals surface area (Å²) in [6, 6.07) is 2.06. The Morgan fingerprint density at radius 3 is 3.00 bits per heavy atom. The van der Waals surface area contributed by atoms with E-state index in [1.807, 2.05) is 5.38 Å². The summed E-state index contributed by atoms with van der Waals surface area (Å²) in [5.41, 5.74) is 1.53. The monoisotopic (exact) mass is 202 g/mol. The van der Waals surface area contributed by atoms with Crippen LogP contribution < -0.4 is 0 Å². The molecule has 0 unspecified atom stereocenters. The molecule has 2 rings (SSSR count). The molecule has 5 heteroatoms. The van der Waals surface area contributed by atoms with Gasteiger partial charge in [0, 0.05) is 17.8 Å². The molecule has 0 aliphatic rings. The molecule has 0 saturated heterocycles. The molecule has 0 spiro atoms. The number of hydrogen-bond acceptors (Lipinski definition) is 5. The van der Waals surface area contributed by atoms with Gasteiger partial charge in [0.1, 0.15) is 16.4 Å². The molecule has 2 aromatic heterocycles. The molecule has 0 amide bonds. The third-order valence-electron chi connectivity index (χ3n) is 1.61. The predicted octanol–water partition coefficient (Wildman–Crippen LogP) is 1.67. The minimum absolute atomic E-state index is 0.352. The third kappa shape index (κ3) is 1.75. The van der Waals surface area contributed by atoms with E-state index in [0.717, 1.165) is 16.4 Å². The van der Waals surface area contributed by atoms with Crippen LogP contribution in [0.2, 0.25) is 0 Å². The van der Waals surface area contributed by atoms with Crippen molar-refractivity contribution in [2.45, 2.75) is 6.42 Å². The smallest absolute Gasteiger partial charge is 0.108 e. The van der Waals surface area contributed by atoms with Gasteiger partial charge < -0.3 is 0 Å². The summed E-state index contributed by atoms with van der Waals surface area (Å²) in [7, 11) is 0. The molecule has 0 fully saturated rings. The van der Waals surface area contributed by atoms with E-state index >= 15 is 0 Å². The quantitative estimate of drug-likeness (QED) is 0.743. The molecule has 2 aromatic rings. The summed E-state index contributed by atoms with van der Waals surface area (Å²) < 4.78 is 0. The molecule has 0 N–H and O–H groups in total. The van der Waals surface area contributed by atoms with Gasteiger partial charge in [-0.2, -0.15) is 5.26 Å². The zero-order valence-electron chi connectivity index (χ0n) is 7.21. The molecular weight excluding hydrogens is 196 g/mol. The van der Waals surface area contributed by atoms with Crippen LogP contribution in [0.25, 0.3) is 11.4 Å². The molecule has 4 nitrogen and oxygen atoms in total. The van der Waals surface area contributed by atoms with E-state index in [0.29, 0.717) is 6.42 Å². The lowest BCUT2D eigenvalue weighted by Gasteiger charge is -1.91. The van der Waals surface area contributed by atoms with Crippen molar-refractivity contribution in [1.82, 2.24) is 15.0 Å². The largest absolute Gasteiger partial charge is 0.261 e. The van der Waals surface area contributed by atoms with Crippen LogP contribution in [0.4, 0.5) is 0 Å². The van der Waals surface area contributed by atoms with Gasteiger partial charge in [0.15, 0.2) is 0 Å². The van der Waals surface area contributed by atoms with Crippen LogP contribution in [0.5, 0.6) is 0 Å². The van der Waals surface area contributed by atoms with Crippen LogP contribution in [-0.2, 0) is 6.42 Å². The van der Waals surface area contributed by atoms with Gasteiger partial charge in [0.2, 0.25) is 0 Å². The van der Waals surface area contributed by atoms with Crippen molar-refractivity contribution in [3.8, 4) is 17.5 Å². The van der Waals surface area contributed by atoms with Crippen molar-refractivity contribution in [2.75, 3.05) is 0 Å². The van der Waals surface area contributed by atoms with Crippen LogP contribution in [0.15, 0.2) is 24.0 Å². The van der Waals surface area contributed by atoms with Crippen LogP contribution in [-0.4, -0.2) is 15.0 Å². The maximum absolute atomic E-state index is 8.49. The molecule has 0 bridgehead atoms. The molecule has 14 heavy (non-hydrogen) atoms. The molecular formula is C9H6N4S. The van der Waals surface area contributed by atoms with Crippen molar-refractivity contribution >= 4 is 11.3 Å². The number of nitriles is 1. The highest BCUT2D eigenvalue weighted by Crippen LogP contribution is 2.18. The molecule has 0 aromatic carbocycles. The fraction of sp³-hybridized carbons (Fsp3) is 0.111. The van der Waals surface area contributed by atoms with E-state index in [9.17, 15) is 0 Å². The van der Waals surface area contributed by atoms with Gasteiger partial charge in [0.05, 0.1) is 18.7 Å². The van der Waals surface area contributed by atoms with E-state index in [4.69, 9.17) is 5.26 Å². The topological polar surface area (TPSA) is 62.5 Å². The second-order valence-electron chi connectivity index (χ2n) is 2.55. The minimum atomic E-state index is 0.352. The van der Waals surface area contributed by atoms with Crippen molar-refractivity contribution in [1.29, 1.82) is 5.26 Å². The van der Waals surface area contributed by atoms with Gasteiger partial charge in [-0.15, -0.1) is 11.3 Å². The Balaban J connectivity index is 2.31. The lowest BCUT2D eigenvalue weighted by molar-refractivity contribution is 1.15. The number of hydrogen-bond donors (Lipinski definition) is 0. The summed E-state index contributed by atoms with van der Waals surface area (Å²) in [4.78, 5) is 12.3. The average molecular weight is 202 g/mol. The van der Waals surface area contributed by atoms with E-state index < -0.39 is 0 Å². The third-order valence-corrected chi connectivity index (χ3v) is 2.46. The summed E-state index contributed by atoms with van der Waals surface area (Å²) >= 11 is 1.47. The summed E-state index contributed by atoms with van der Waals surface area (Å²) in [6.07, 6.45) is 5.25. The summed E-state index contributed by atoms with van der Waals surface area (Å²) in [5.74, 6) is 0. The highest BCUT2D eigenvalue weighted by molar-refractivity contribution is 7.10. The second kappa shape index (κ2) is 3.94. The Morgan fingerprint density at radius 2 is 2.29 bits per heavy atom. The number of nitrogens with zero attached hydrogens (tertiary/aromatic N) is 4. The van der Waals surface area contributed by atoms with E-state index in [1.165, 1.54) is 11.3 Å². The molecule has 0 aliphatic carbocycles. The van der Waals surface area contributed by atoms with Gasteiger partial charge in [-0.25, -0.2) is 4.98 Å². The van der Waals surface area contributed by atoms with Gasteiger partial charge in [-0.05, 0) is 0 Å². The fourth-order valence-electron chi connectivity index (χ4n) is 1.01. The van der Waals surface area contributed by atoms with Gasteiger partial charge in [0.25, 0.3) is 0 Å². The zero-order chi connectivity index (χ0) is 9.80. The highest BCUT2D eigenvalue weighted by atomic mass is 32.1. The first kappa shape index (κ1) is 8.78. The lowest BCUT2D eigenvalue weighted by atomic mass is 10.3. The van der Waals surface area contributed by atoms with Gasteiger partial charge >= 0.3 is 0 Å². The number of rotatable bonds is 2. The average Bonchev–Trinajstić information content (AvgIpc) is 2.68. The maximum Gasteiger partial charge on any atom is 0.108 e. The van der Waals surface area contributed by atoms with Crippen LogP contribution in [0.1, 0.15) is 5.01 Å². The van der Waals surface area contributed by atoms with Crippen molar-refractivity contribution in [3.05, 3.63) is 29.0 Å². The molecule has 0 aliphatic heterocycles. The Bertz CT molecular complexity index is 457. The van der Waals surface area contributed by atoms with E-state index in [2.05, 4.69) is 21.0 Å². The molecule has 0 saturated carbocycles. The minimum Gasteiger partial charge on any atom is -0.261 e.